The zero-order valence-corrected chi connectivity index (χ0v) is 21.6. The van der Waals surface area contributed by atoms with E-state index in [4.69, 9.17) is 27.9 Å². The molecule has 0 aliphatic carbocycles. The molecule has 0 atom stereocenters. The normalized spacial score (nSPS) is 10.7. The average molecular weight is 546 g/mol. The number of hydrogen-bond acceptors (Lipinski definition) is 5. The van der Waals surface area contributed by atoms with Gasteiger partial charge in [-0.2, -0.15) is 5.10 Å². The van der Waals surface area contributed by atoms with Crippen LogP contribution in [0, 0.1) is 6.92 Å². The summed E-state index contributed by atoms with van der Waals surface area (Å²) in [5.41, 5.74) is 5.29. The first-order valence-corrected chi connectivity index (χ1v) is 12.1. The topological polar surface area (TPSA) is 96.9 Å². The van der Waals surface area contributed by atoms with Crippen molar-refractivity contribution in [3.63, 3.8) is 0 Å². The van der Waals surface area contributed by atoms with Gasteiger partial charge in [0.1, 0.15) is 5.75 Å². The molecule has 0 aromatic heterocycles. The summed E-state index contributed by atoms with van der Waals surface area (Å²) in [5.74, 6) is -1.16. The second kappa shape index (κ2) is 12.2. The maximum atomic E-state index is 12.7. The molecule has 190 valence electrons. The Kier molecular flexibility index (Phi) is 8.53. The number of rotatable bonds is 7. The molecule has 0 spiro atoms. The van der Waals surface area contributed by atoms with E-state index >= 15 is 0 Å². The Hall–Kier alpha value is -4.46. The van der Waals surface area contributed by atoms with E-state index in [1.165, 1.54) is 24.4 Å². The van der Waals surface area contributed by atoms with Crippen LogP contribution in [0.15, 0.2) is 96.1 Å². The number of amides is 2. The zero-order chi connectivity index (χ0) is 27.1. The van der Waals surface area contributed by atoms with Crippen molar-refractivity contribution < 1.29 is 19.1 Å². The van der Waals surface area contributed by atoms with Crippen LogP contribution in [-0.4, -0.2) is 24.0 Å². The average Bonchev–Trinajstić information content (AvgIpc) is 2.90. The number of esters is 1. The SMILES string of the molecule is Cc1ccc(C(=O)Oc2ccccc2C=NNC(=O)c2cccc(NC(=O)c3ccc(Cl)cc3Cl)c2)cc1. The van der Waals surface area contributed by atoms with Crippen LogP contribution in [0.3, 0.4) is 0 Å². The van der Waals surface area contributed by atoms with Gasteiger partial charge in [0.15, 0.2) is 0 Å². The van der Waals surface area contributed by atoms with Crippen LogP contribution in [0.25, 0.3) is 0 Å². The van der Waals surface area contributed by atoms with Gasteiger partial charge in [-0.15, -0.1) is 0 Å². The molecule has 0 saturated heterocycles. The molecule has 0 bridgehead atoms. The highest BCUT2D eigenvalue weighted by molar-refractivity contribution is 6.37. The minimum Gasteiger partial charge on any atom is -0.422 e. The third-order valence-electron chi connectivity index (χ3n) is 5.34. The lowest BCUT2D eigenvalue weighted by molar-refractivity contribution is 0.0734. The van der Waals surface area contributed by atoms with Crippen LogP contribution < -0.4 is 15.5 Å². The zero-order valence-electron chi connectivity index (χ0n) is 20.1. The van der Waals surface area contributed by atoms with Gasteiger partial charge in [-0.05, 0) is 67.6 Å². The van der Waals surface area contributed by atoms with E-state index in [-0.39, 0.29) is 16.1 Å². The largest absolute Gasteiger partial charge is 0.422 e. The smallest absolute Gasteiger partial charge is 0.343 e. The number of carbonyl (C=O) groups excluding carboxylic acids is 3. The van der Waals surface area contributed by atoms with Crippen molar-refractivity contribution in [3.05, 3.63) is 129 Å². The first kappa shape index (κ1) is 26.6. The maximum Gasteiger partial charge on any atom is 0.343 e. The Balaban J connectivity index is 1.40. The minimum atomic E-state index is -0.506. The molecule has 9 heteroatoms. The molecular weight excluding hydrogens is 525 g/mol. The lowest BCUT2D eigenvalue weighted by Crippen LogP contribution is -2.18. The molecule has 4 aromatic rings. The van der Waals surface area contributed by atoms with Crippen LogP contribution in [0.5, 0.6) is 5.75 Å². The predicted molar refractivity (Wildman–Crippen MR) is 148 cm³/mol. The summed E-state index contributed by atoms with van der Waals surface area (Å²) in [6.07, 6.45) is 1.38. The summed E-state index contributed by atoms with van der Waals surface area (Å²) in [5, 5.41) is 7.33. The molecule has 38 heavy (non-hydrogen) atoms. The molecule has 0 aliphatic rings. The summed E-state index contributed by atoms with van der Waals surface area (Å²) in [7, 11) is 0. The highest BCUT2D eigenvalue weighted by atomic mass is 35.5. The quantitative estimate of drug-likeness (QED) is 0.119. The number of ether oxygens (including phenoxy) is 1. The number of halogens is 2. The fourth-order valence-electron chi connectivity index (χ4n) is 3.36. The number of hydrogen-bond donors (Lipinski definition) is 2. The second-order valence-corrected chi connectivity index (χ2v) is 9.00. The van der Waals surface area contributed by atoms with Crippen molar-refractivity contribution in [3.8, 4) is 5.75 Å². The molecule has 0 saturated carbocycles. The minimum absolute atomic E-state index is 0.211. The number of aryl methyl sites for hydroxylation is 1. The Morgan fingerprint density at radius 1 is 0.816 bits per heavy atom. The van der Waals surface area contributed by atoms with Crippen LogP contribution in [0.1, 0.15) is 42.2 Å². The van der Waals surface area contributed by atoms with Gasteiger partial charge in [0.2, 0.25) is 0 Å². The van der Waals surface area contributed by atoms with Crippen molar-refractivity contribution in [2.75, 3.05) is 5.32 Å². The van der Waals surface area contributed by atoms with E-state index in [0.717, 1.165) is 5.56 Å². The highest BCUT2D eigenvalue weighted by Crippen LogP contribution is 2.22. The van der Waals surface area contributed by atoms with Crippen LogP contribution in [-0.2, 0) is 0 Å². The molecule has 0 heterocycles. The fraction of sp³-hybridized carbons (Fsp3) is 0.0345. The fourth-order valence-corrected chi connectivity index (χ4v) is 3.86. The molecule has 0 aliphatic heterocycles. The lowest BCUT2D eigenvalue weighted by Gasteiger charge is -2.09. The third-order valence-corrected chi connectivity index (χ3v) is 5.88. The van der Waals surface area contributed by atoms with Gasteiger partial charge < -0.3 is 10.1 Å². The molecule has 2 N–H and O–H groups in total. The van der Waals surface area contributed by atoms with Crippen LogP contribution in [0.4, 0.5) is 5.69 Å². The van der Waals surface area contributed by atoms with Gasteiger partial charge in [0, 0.05) is 21.8 Å². The highest BCUT2D eigenvalue weighted by Gasteiger charge is 2.13. The standard InChI is InChI=1S/C29H21Cl2N3O4/c1-18-9-11-19(12-10-18)29(37)38-26-8-3-2-5-21(26)17-32-34-27(35)20-6-4-7-23(15-20)33-28(36)24-14-13-22(30)16-25(24)31/h2-17H,1H3,(H,33,36)(H,34,35). The van der Waals surface area contributed by atoms with Crippen LogP contribution >= 0.6 is 23.2 Å². The number of para-hydroxylation sites is 1. The van der Waals surface area contributed by atoms with Crippen molar-refractivity contribution >= 4 is 52.9 Å². The molecule has 0 fully saturated rings. The lowest BCUT2D eigenvalue weighted by atomic mass is 10.1. The number of nitrogens with zero attached hydrogens (tertiary/aromatic N) is 1. The van der Waals surface area contributed by atoms with Gasteiger partial charge >= 0.3 is 5.97 Å². The maximum absolute atomic E-state index is 12.7. The van der Waals surface area contributed by atoms with E-state index in [1.807, 2.05) is 19.1 Å². The molecule has 2 amide bonds. The molecular formula is C29H21Cl2N3O4. The van der Waals surface area contributed by atoms with Gasteiger partial charge in [0.25, 0.3) is 11.8 Å². The van der Waals surface area contributed by atoms with Gasteiger partial charge in [-0.25, -0.2) is 10.2 Å². The third kappa shape index (κ3) is 6.85. The van der Waals surface area contributed by atoms with Crippen molar-refractivity contribution in [2.24, 2.45) is 5.10 Å². The van der Waals surface area contributed by atoms with E-state index in [2.05, 4.69) is 15.8 Å². The summed E-state index contributed by atoms with van der Waals surface area (Å²) in [6, 6.07) is 24.7. The summed E-state index contributed by atoms with van der Waals surface area (Å²) in [4.78, 5) is 37.7. The second-order valence-electron chi connectivity index (χ2n) is 8.15. The van der Waals surface area contributed by atoms with Crippen molar-refractivity contribution in [1.29, 1.82) is 0 Å². The predicted octanol–water partition coefficient (Wildman–Crippen LogP) is 6.54. The summed E-state index contributed by atoms with van der Waals surface area (Å²) in [6.45, 7) is 1.93. The van der Waals surface area contributed by atoms with Gasteiger partial charge in [-0.3, -0.25) is 9.59 Å². The summed E-state index contributed by atoms with van der Waals surface area (Å²) >= 11 is 12.0. The number of hydrazone groups is 1. The number of anilines is 1. The van der Waals surface area contributed by atoms with Gasteiger partial charge in [-0.1, -0.05) is 59.1 Å². The van der Waals surface area contributed by atoms with E-state index in [9.17, 15) is 14.4 Å². The first-order chi connectivity index (χ1) is 18.3. The van der Waals surface area contributed by atoms with E-state index < -0.39 is 17.8 Å². The van der Waals surface area contributed by atoms with Crippen LogP contribution in [0.2, 0.25) is 10.0 Å². The Labute approximate surface area is 229 Å². The Morgan fingerprint density at radius 2 is 1.58 bits per heavy atom. The molecule has 4 aromatic carbocycles. The van der Waals surface area contributed by atoms with Crippen molar-refractivity contribution in [2.45, 2.75) is 6.92 Å². The summed E-state index contributed by atoms with van der Waals surface area (Å²) < 4.78 is 5.52. The molecule has 4 rings (SSSR count). The molecule has 7 nitrogen and oxygen atoms in total. The van der Waals surface area contributed by atoms with E-state index in [0.29, 0.717) is 27.6 Å². The molecule has 0 radical (unpaired) electrons. The number of carbonyl (C=O) groups is 3. The monoisotopic (exact) mass is 545 g/mol. The number of nitrogens with one attached hydrogen (secondary N) is 2. The Bertz CT molecular complexity index is 1540. The number of benzene rings is 4. The van der Waals surface area contributed by atoms with E-state index in [1.54, 1.807) is 60.7 Å². The van der Waals surface area contributed by atoms with Crippen molar-refractivity contribution in [1.82, 2.24) is 5.43 Å². The first-order valence-electron chi connectivity index (χ1n) is 11.4. The molecule has 0 unspecified atom stereocenters. The van der Waals surface area contributed by atoms with Gasteiger partial charge in [0.05, 0.1) is 22.4 Å². The Morgan fingerprint density at radius 3 is 2.34 bits per heavy atom.